The van der Waals surface area contributed by atoms with E-state index in [9.17, 15) is 0 Å². The third-order valence-electron chi connectivity index (χ3n) is 2.24. The van der Waals surface area contributed by atoms with Crippen LogP contribution in [-0.2, 0) is 6.61 Å². The van der Waals surface area contributed by atoms with Crippen molar-refractivity contribution in [2.75, 3.05) is 5.73 Å². The van der Waals surface area contributed by atoms with Gasteiger partial charge in [0.15, 0.2) is 0 Å². The number of hydrogen-bond acceptors (Lipinski definition) is 2. The van der Waals surface area contributed by atoms with Crippen molar-refractivity contribution in [3.63, 3.8) is 0 Å². The van der Waals surface area contributed by atoms with E-state index in [1.807, 2.05) is 24.3 Å². The number of hydrogen-bond donors (Lipinski definition) is 1. The molecule has 0 aliphatic heterocycles. The van der Waals surface area contributed by atoms with Gasteiger partial charge in [-0.3, -0.25) is 0 Å². The molecule has 0 fully saturated rings. The molecule has 0 bridgehead atoms. The van der Waals surface area contributed by atoms with Gasteiger partial charge in [-0.05, 0) is 29.8 Å². The Labute approximate surface area is 113 Å². The normalized spacial score (nSPS) is 10.2. The molecule has 2 aromatic rings. The Morgan fingerprint density at radius 3 is 2.76 bits per heavy atom. The van der Waals surface area contributed by atoms with Crippen molar-refractivity contribution in [3.05, 3.63) is 57.5 Å². The SMILES string of the molecule is Nc1ccc(Cl)c(OCc2cccc(Br)c2)c1. The summed E-state index contributed by atoms with van der Waals surface area (Å²) in [6, 6.07) is 13.1. The van der Waals surface area contributed by atoms with Gasteiger partial charge in [0.1, 0.15) is 12.4 Å². The standard InChI is InChI=1S/C13H11BrClNO/c14-10-3-1-2-9(6-10)8-17-13-7-11(16)4-5-12(13)15/h1-7H,8,16H2. The minimum atomic E-state index is 0.461. The number of nitrogen functional groups attached to an aromatic ring is 1. The first kappa shape index (κ1) is 12.3. The molecule has 2 N–H and O–H groups in total. The summed E-state index contributed by atoms with van der Waals surface area (Å²) in [7, 11) is 0. The molecule has 88 valence electrons. The maximum atomic E-state index is 6.00. The lowest BCUT2D eigenvalue weighted by Crippen LogP contribution is -1.96. The van der Waals surface area contributed by atoms with Crippen LogP contribution in [0.25, 0.3) is 0 Å². The highest BCUT2D eigenvalue weighted by Gasteiger charge is 2.02. The summed E-state index contributed by atoms with van der Waals surface area (Å²) in [5.41, 5.74) is 7.38. The van der Waals surface area contributed by atoms with Crippen molar-refractivity contribution in [3.8, 4) is 5.75 Å². The van der Waals surface area contributed by atoms with Gasteiger partial charge in [0.25, 0.3) is 0 Å². The van der Waals surface area contributed by atoms with Crippen molar-refractivity contribution < 1.29 is 4.74 Å². The van der Waals surface area contributed by atoms with Crippen LogP contribution in [-0.4, -0.2) is 0 Å². The van der Waals surface area contributed by atoms with E-state index in [2.05, 4.69) is 15.9 Å². The van der Waals surface area contributed by atoms with Gasteiger partial charge in [0, 0.05) is 16.2 Å². The van der Waals surface area contributed by atoms with Crippen LogP contribution in [0, 0.1) is 0 Å². The number of anilines is 1. The number of benzene rings is 2. The first-order valence-corrected chi connectivity index (χ1v) is 6.24. The molecule has 2 aromatic carbocycles. The second kappa shape index (κ2) is 5.43. The summed E-state index contributed by atoms with van der Waals surface area (Å²) < 4.78 is 6.65. The molecular formula is C13H11BrClNO. The fraction of sp³-hybridized carbons (Fsp3) is 0.0769. The molecule has 0 saturated heterocycles. The summed E-state index contributed by atoms with van der Waals surface area (Å²) in [6.45, 7) is 0.461. The van der Waals surface area contributed by atoms with E-state index in [1.54, 1.807) is 18.2 Å². The van der Waals surface area contributed by atoms with Gasteiger partial charge < -0.3 is 10.5 Å². The average molecular weight is 313 g/mol. The van der Waals surface area contributed by atoms with E-state index in [0.29, 0.717) is 23.1 Å². The first-order valence-electron chi connectivity index (χ1n) is 5.07. The number of nitrogens with two attached hydrogens (primary N) is 1. The van der Waals surface area contributed by atoms with Crippen LogP contribution in [0.4, 0.5) is 5.69 Å². The zero-order valence-corrected chi connectivity index (χ0v) is 11.3. The molecule has 17 heavy (non-hydrogen) atoms. The van der Waals surface area contributed by atoms with Crippen molar-refractivity contribution in [1.29, 1.82) is 0 Å². The molecule has 0 heterocycles. The smallest absolute Gasteiger partial charge is 0.140 e. The van der Waals surface area contributed by atoms with Crippen LogP contribution in [0.3, 0.4) is 0 Å². The van der Waals surface area contributed by atoms with Crippen molar-refractivity contribution in [1.82, 2.24) is 0 Å². The Kier molecular flexibility index (Phi) is 3.92. The van der Waals surface area contributed by atoms with Gasteiger partial charge >= 0.3 is 0 Å². The molecule has 0 aliphatic rings. The number of halogens is 2. The highest BCUT2D eigenvalue weighted by atomic mass is 79.9. The molecule has 0 unspecified atom stereocenters. The molecule has 0 spiro atoms. The highest BCUT2D eigenvalue weighted by Crippen LogP contribution is 2.27. The van der Waals surface area contributed by atoms with Gasteiger partial charge in [0.05, 0.1) is 5.02 Å². The van der Waals surface area contributed by atoms with Crippen LogP contribution in [0.1, 0.15) is 5.56 Å². The van der Waals surface area contributed by atoms with Crippen molar-refractivity contribution in [2.24, 2.45) is 0 Å². The van der Waals surface area contributed by atoms with Crippen LogP contribution < -0.4 is 10.5 Å². The molecule has 0 atom stereocenters. The largest absolute Gasteiger partial charge is 0.487 e. The van der Waals surface area contributed by atoms with Gasteiger partial charge in [-0.15, -0.1) is 0 Å². The van der Waals surface area contributed by atoms with E-state index in [4.69, 9.17) is 22.1 Å². The molecule has 0 aliphatic carbocycles. The summed E-state index contributed by atoms with van der Waals surface area (Å²) in [6.07, 6.45) is 0. The summed E-state index contributed by atoms with van der Waals surface area (Å²) >= 11 is 9.42. The van der Waals surface area contributed by atoms with Crippen LogP contribution >= 0.6 is 27.5 Å². The van der Waals surface area contributed by atoms with E-state index in [-0.39, 0.29) is 0 Å². The maximum Gasteiger partial charge on any atom is 0.140 e. The van der Waals surface area contributed by atoms with Gasteiger partial charge in [-0.2, -0.15) is 0 Å². The minimum absolute atomic E-state index is 0.461. The molecule has 2 rings (SSSR count). The van der Waals surface area contributed by atoms with E-state index in [0.717, 1.165) is 10.0 Å². The van der Waals surface area contributed by atoms with Crippen LogP contribution in [0.5, 0.6) is 5.75 Å². The quantitative estimate of drug-likeness (QED) is 0.859. The fourth-order valence-electron chi connectivity index (χ4n) is 1.42. The van der Waals surface area contributed by atoms with E-state index >= 15 is 0 Å². The lowest BCUT2D eigenvalue weighted by atomic mass is 10.2. The van der Waals surface area contributed by atoms with Gasteiger partial charge in [0.2, 0.25) is 0 Å². The summed E-state index contributed by atoms with van der Waals surface area (Å²) in [4.78, 5) is 0. The molecule has 4 heteroatoms. The molecule has 0 aromatic heterocycles. The van der Waals surface area contributed by atoms with Crippen molar-refractivity contribution in [2.45, 2.75) is 6.61 Å². The Bertz CT molecular complexity index is 531. The zero-order valence-electron chi connectivity index (χ0n) is 8.99. The highest BCUT2D eigenvalue weighted by molar-refractivity contribution is 9.10. The predicted octanol–water partition coefficient (Wildman–Crippen LogP) is 4.26. The topological polar surface area (TPSA) is 35.2 Å². The maximum absolute atomic E-state index is 6.00. The first-order chi connectivity index (χ1) is 8.15. The summed E-state index contributed by atoms with van der Waals surface area (Å²) in [5, 5.41) is 0.564. The lowest BCUT2D eigenvalue weighted by Gasteiger charge is -2.09. The van der Waals surface area contributed by atoms with Crippen molar-refractivity contribution >= 4 is 33.2 Å². The third-order valence-corrected chi connectivity index (χ3v) is 3.04. The van der Waals surface area contributed by atoms with Crippen LogP contribution in [0.15, 0.2) is 46.9 Å². The third kappa shape index (κ3) is 3.38. The Balaban J connectivity index is 2.09. The fourth-order valence-corrected chi connectivity index (χ4v) is 2.04. The summed E-state index contributed by atoms with van der Waals surface area (Å²) in [5.74, 6) is 0.603. The lowest BCUT2D eigenvalue weighted by molar-refractivity contribution is 0.306. The number of ether oxygens (including phenoxy) is 1. The van der Waals surface area contributed by atoms with E-state index < -0.39 is 0 Å². The van der Waals surface area contributed by atoms with Crippen LogP contribution in [0.2, 0.25) is 5.02 Å². The monoisotopic (exact) mass is 311 g/mol. The Morgan fingerprint density at radius 1 is 1.18 bits per heavy atom. The zero-order chi connectivity index (χ0) is 12.3. The molecule has 0 saturated carbocycles. The Hall–Kier alpha value is -1.19. The van der Waals surface area contributed by atoms with Gasteiger partial charge in [-0.25, -0.2) is 0 Å². The molecule has 0 radical (unpaired) electrons. The molecular weight excluding hydrogens is 302 g/mol. The van der Waals surface area contributed by atoms with Gasteiger partial charge in [-0.1, -0.05) is 39.7 Å². The second-order valence-corrected chi connectivity index (χ2v) is 4.93. The van der Waals surface area contributed by atoms with E-state index in [1.165, 1.54) is 0 Å². The molecule has 0 amide bonds. The minimum Gasteiger partial charge on any atom is -0.487 e. The Morgan fingerprint density at radius 2 is 2.00 bits per heavy atom. The average Bonchev–Trinajstić information content (AvgIpc) is 2.30. The second-order valence-electron chi connectivity index (χ2n) is 3.61. The predicted molar refractivity (Wildman–Crippen MR) is 74.3 cm³/mol. The number of rotatable bonds is 3. The molecule has 2 nitrogen and oxygen atoms in total.